The van der Waals surface area contributed by atoms with E-state index in [1.807, 2.05) is 39.0 Å². The van der Waals surface area contributed by atoms with Crippen LogP contribution in [0.3, 0.4) is 0 Å². The van der Waals surface area contributed by atoms with E-state index in [-0.39, 0.29) is 11.9 Å². The lowest BCUT2D eigenvalue weighted by Crippen LogP contribution is -2.33. The van der Waals surface area contributed by atoms with Gasteiger partial charge in [-0.1, -0.05) is 0 Å². The Labute approximate surface area is 112 Å². The zero-order chi connectivity index (χ0) is 14.0. The first-order chi connectivity index (χ1) is 8.99. The third-order valence-electron chi connectivity index (χ3n) is 3.12. The zero-order valence-corrected chi connectivity index (χ0v) is 11.8. The Hall–Kier alpha value is -2.04. The molecule has 5 nitrogen and oxygen atoms in total. The van der Waals surface area contributed by atoms with Gasteiger partial charge in [-0.2, -0.15) is 5.10 Å². The lowest BCUT2D eigenvalue weighted by Gasteiger charge is -2.21. The van der Waals surface area contributed by atoms with E-state index in [4.69, 9.17) is 4.42 Å². The van der Waals surface area contributed by atoms with Crippen molar-refractivity contribution < 1.29 is 9.21 Å². The number of aromatic nitrogens is 2. The molecule has 0 N–H and O–H groups in total. The predicted molar refractivity (Wildman–Crippen MR) is 71.6 cm³/mol. The molecule has 0 aromatic carbocycles. The molecule has 0 radical (unpaired) electrons. The highest BCUT2D eigenvalue weighted by molar-refractivity contribution is 5.79. The minimum absolute atomic E-state index is 0.0163. The Kier molecular flexibility index (Phi) is 3.74. The molecule has 0 aliphatic heterocycles. The van der Waals surface area contributed by atoms with E-state index < -0.39 is 0 Å². The van der Waals surface area contributed by atoms with E-state index in [1.165, 1.54) is 0 Å². The van der Waals surface area contributed by atoms with Crippen molar-refractivity contribution in [2.24, 2.45) is 0 Å². The number of amides is 1. The van der Waals surface area contributed by atoms with Crippen LogP contribution in [0.2, 0.25) is 0 Å². The summed E-state index contributed by atoms with van der Waals surface area (Å²) in [5, 5.41) is 4.36. The fourth-order valence-corrected chi connectivity index (χ4v) is 2.18. The Balaban J connectivity index is 2.08. The fraction of sp³-hybridized carbons (Fsp3) is 0.429. The number of furan rings is 1. The van der Waals surface area contributed by atoms with Gasteiger partial charge < -0.3 is 9.32 Å². The predicted octanol–water partition coefficient (Wildman–Crippen LogP) is 2.31. The molecule has 1 atom stereocenters. The minimum atomic E-state index is -0.311. The standard InChI is InChI=1S/C14H19N3O2/c1-10-8-11(2)17(15-10)12(3)14(18)16(4)9-13-6-5-7-19-13/h5-8,12H,9H2,1-4H3. The summed E-state index contributed by atoms with van der Waals surface area (Å²) in [7, 11) is 1.77. The summed E-state index contributed by atoms with van der Waals surface area (Å²) in [6.07, 6.45) is 1.61. The summed E-state index contributed by atoms with van der Waals surface area (Å²) in [4.78, 5) is 14.0. The van der Waals surface area contributed by atoms with Crippen molar-refractivity contribution in [1.82, 2.24) is 14.7 Å². The number of aryl methyl sites for hydroxylation is 2. The average Bonchev–Trinajstić information content (AvgIpc) is 2.97. The third-order valence-corrected chi connectivity index (χ3v) is 3.12. The van der Waals surface area contributed by atoms with Crippen LogP contribution in [0.15, 0.2) is 28.9 Å². The van der Waals surface area contributed by atoms with Crippen molar-refractivity contribution >= 4 is 5.91 Å². The molecular weight excluding hydrogens is 242 g/mol. The van der Waals surface area contributed by atoms with Crippen molar-refractivity contribution in [2.45, 2.75) is 33.4 Å². The number of carbonyl (C=O) groups is 1. The molecule has 0 fully saturated rings. The van der Waals surface area contributed by atoms with Crippen LogP contribution in [0.4, 0.5) is 0 Å². The van der Waals surface area contributed by atoms with Gasteiger partial charge in [0.15, 0.2) is 0 Å². The highest BCUT2D eigenvalue weighted by Gasteiger charge is 2.21. The molecule has 5 heteroatoms. The third kappa shape index (κ3) is 2.86. The van der Waals surface area contributed by atoms with Crippen molar-refractivity contribution in [3.05, 3.63) is 41.6 Å². The second-order valence-corrected chi connectivity index (χ2v) is 4.82. The van der Waals surface area contributed by atoms with Gasteiger partial charge in [0, 0.05) is 12.7 Å². The maximum absolute atomic E-state index is 12.4. The fourth-order valence-electron chi connectivity index (χ4n) is 2.18. The normalized spacial score (nSPS) is 12.4. The van der Waals surface area contributed by atoms with Crippen LogP contribution < -0.4 is 0 Å². The number of hydrogen-bond acceptors (Lipinski definition) is 3. The highest BCUT2D eigenvalue weighted by atomic mass is 16.3. The molecule has 0 aliphatic carbocycles. The van der Waals surface area contributed by atoms with E-state index in [9.17, 15) is 4.79 Å². The van der Waals surface area contributed by atoms with E-state index in [1.54, 1.807) is 22.9 Å². The van der Waals surface area contributed by atoms with Gasteiger partial charge in [-0.25, -0.2) is 0 Å². The molecular formula is C14H19N3O2. The van der Waals surface area contributed by atoms with E-state index in [0.29, 0.717) is 6.54 Å². The summed E-state index contributed by atoms with van der Waals surface area (Å²) >= 11 is 0. The van der Waals surface area contributed by atoms with Crippen LogP contribution in [-0.4, -0.2) is 27.6 Å². The molecule has 102 valence electrons. The van der Waals surface area contributed by atoms with Crippen LogP contribution in [0.25, 0.3) is 0 Å². The van der Waals surface area contributed by atoms with Crippen molar-refractivity contribution in [3.63, 3.8) is 0 Å². The number of rotatable bonds is 4. The SMILES string of the molecule is Cc1cc(C)n(C(C)C(=O)N(C)Cc2ccco2)n1. The quantitative estimate of drug-likeness (QED) is 0.848. The van der Waals surface area contributed by atoms with Gasteiger partial charge in [-0.15, -0.1) is 0 Å². The van der Waals surface area contributed by atoms with Gasteiger partial charge in [0.1, 0.15) is 11.8 Å². The average molecular weight is 261 g/mol. The van der Waals surface area contributed by atoms with E-state index >= 15 is 0 Å². The van der Waals surface area contributed by atoms with Gasteiger partial charge >= 0.3 is 0 Å². The molecule has 0 spiro atoms. The Bertz CT molecular complexity index is 557. The summed E-state index contributed by atoms with van der Waals surface area (Å²) in [5.74, 6) is 0.791. The van der Waals surface area contributed by atoms with Gasteiger partial charge in [0.05, 0.1) is 18.5 Å². The Morgan fingerprint density at radius 2 is 2.26 bits per heavy atom. The maximum Gasteiger partial charge on any atom is 0.247 e. The zero-order valence-electron chi connectivity index (χ0n) is 11.8. The van der Waals surface area contributed by atoms with Crippen molar-refractivity contribution in [1.29, 1.82) is 0 Å². The molecule has 19 heavy (non-hydrogen) atoms. The van der Waals surface area contributed by atoms with Crippen LogP contribution >= 0.6 is 0 Å². The molecule has 2 rings (SSSR count). The smallest absolute Gasteiger partial charge is 0.247 e. The highest BCUT2D eigenvalue weighted by Crippen LogP contribution is 2.14. The second-order valence-electron chi connectivity index (χ2n) is 4.82. The van der Waals surface area contributed by atoms with Gasteiger partial charge in [0.25, 0.3) is 0 Å². The molecule has 2 heterocycles. The number of carbonyl (C=O) groups excluding carboxylic acids is 1. The summed E-state index contributed by atoms with van der Waals surface area (Å²) in [5.41, 5.74) is 1.91. The molecule has 2 aromatic heterocycles. The summed E-state index contributed by atoms with van der Waals surface area (Å²) in [6, 6.07) is 5.33. The lowest BCUT2D eigenvalue weighted by atomic mass is 10.2. The van der Waals surface area contributed by atoms with Crippen molar-refractivity contribution in [3.8, 4) is 0 Å². The Morgan fingerprint density at radius 3 is 2.79 bits per heavy atom. The van der Waals surface area contributed by atoms with Crippen LogP contribution in [0.1, 0.15) is 30.1 Å². The lowest BCUT2D eigenvalue weighted by molar-refractivity contribution is -0.134. The monoisotopic (exact) mass is 261 g/mol. The van der Waals surface area contributed by atoms with Crippen LogP contribution in [0, 0.1) is 13.8 Å². The first-order valence-corrected chi connectivity index (χ1v) is 6.29. The molecule has 0 saturated carbocycles. The first kappa shape index (κ1) is 13.4. The Morgan fingerprint density at radius 1 is 1.53 bits per heavy atom. The molecule has 1 unspecified atom stereocenters. The van der Waals surface area contributed by atoms with E-state index in [0.717, 1.165) is 17.1 Å². The summed E-state index contributed by atoms with van der Waals surface area (Å²) in [6.45, 7) is 6.21. The number of hydrogen-bond donors (Lipinski definition) is 0. The maximum atomic E-state index is 12.4. The molecule has 2 aromatic rings. The van der Waals surface area contributed by atoms with Gasteiger partial charge in [0.2, 0.25) is 5.91 Å². The van der Waals surface area contributed by atoms with Crippen molar-refractivity contribution in [2.75, 3.05) is 7.05 Å². The number of nitrogens with zero attached hydrogens (tertiary/aromatic N) is 3. The molecule has 0 aliphatic rings. The largest absolute Gasteiger partial charge is 0.467 e. The van der Waals surface area contributed by atoms with Gasteiger partial charge in [-0.05, 0) is 39.0 Å². The first-order valence-electron chi connectivity index (χ1n) is 6.29. The molecule has 0 saturated heterocycles. The van der Waals surface area contributed by atoms with Crippen LogP contribution in [-0.2, 0) is 11.3 Å². The molecule has 0 bridgehead atoms. The van der Waals surface area contributed by atoms with Crippen LogP contribution in [0.5, 0.6) is 0 Å². The topological polar surface area (TPSA) is 51.3 Å². The van der Waals surface area contributed by atoms with E-state index in [2.05, 4.69) is 5.10 Å². The number of likely N-dealkylation sites (N-methyl/N-ethyl adjacent to an activating group) is 1. The molecule has 1 amide bonds. The minimum Gasteiger partial charge on any atom is -0.467 e. The van der Waals surface area contributed by atoms with Gasteiger partial charge in [-0.3, -0.25) is 9.48 Å². The second kappa shape index (κ2) is 5.30. The summed E-state index contributed by atoms with van der Waals surface area (Å²) < 4.78 is 7.01.